The van der Waals surface area contributed by atoms with E-state index in [0.29, 0.717) is 12.2 Å². The summed E-state index contributed by atoms with van der Waals surface area (Å²) in [6.45, 7) is 1.62. The molecular formula is C22H24N4O2S2. The lowest BCUT2D eigenvalue weighted by Gasteiger charge is -2.11. The highest BCUT2D eigenvalue weighted by molar-refractivity contribution is 8.01. The predicted molar refractivity (Wildman–Crippen MR) is 123 cm³/mol. The molecule has 0 unspecified atom stereocenters. The van der Waals surface area contributed by atoms with E-state index in [4.69, 9.17) is 4.74 Å². The van der Waals surface area contributed by atoms with Crippen LogP contribution in [-0.4, -0.2) is 41.1 Å². The van der Waals surface area contributed by atoms with Crippen LogP contribution in [0.1, 0.15) is 19.3 Å². The molecule has 0 saturated carbocycles. The first-order chi connectivity index (χ1) is 14.8. The fourth-order valence-electron chi connectivity index (χ4n) is 3.25. The predicted octanol–water partition coefficient (Wildman–Crippen LogP) is 4.92. The molecule has 1 amide bonds. The first kappa shape index (κ1) is 20.8. The first-order valence-electron chi connectivity index (χ1n) is 10.0. The Labute approximate surface area is 184 Å². The summed E-state index contributed by atoms with van der Waals surface area (Å²) in [6, 6.07) is 17.9. The first-order valence-corrected chi connectivity index (χ1v) is 11.8. The zero-order chi connectivity index (χ0) is 20.6. The minimum atomic E-state index is -0.00729. The molecule has 0 radical (unpaired) electrons. The molecule has 1 aromatic heterocycles. The maximum absolute atomic E-state index is 12.5. The highest BCUT2D eigenvalue weighted by Gasteiger charge is 2.16. The standard InChI is InChI=1S/C22H24N4O2S2/c27-20(24-19-11-5-4-10-18(19)16-7-2-1-3-8-16)12-14-29-22-26-25-21(30-22)23-15-17-9-6-13-28-17/h1-5,7-8,10-11,17H,6,9,12-15H2,(H,23,25)(H,24,27)/t17-/m0/s1. The lowest BCUT2D eigenvalue weighted by molar-refractivity contribution is -0.115. The van der Waals surface area contributed by atoms with Gasteiger partial charge in [0.25, 0.3) is 0 Å². The summed E-state index contributed by atoms with van der Waals surface area (Å²) < 4.78 is 6.47. The van der Waals surface area contributed by atoms with Crippen molar-refractivity contribution in [3.05, 3.63) is 54.6 Å². The second kappa shape index (κ2) is 10.6. The highest BCUT2D eigenvalue weighted by Crippen LogP contribution is 2.29. The molecule has 0 spiro atoms. The summed E-state index contributed by atoms with van der Waals surface area (Å²) in [5, 5.41) is 15.5. The van der Waals surface area contributed by atoms with E-state index in [1.807, 2.05) is 54.6 Å². The van der Waals surface area contributed by atoms with Crippen LogP contribution in [0.5, 0.6) is 0 Å². The van der Waals surface area contributed by atoms with Crippen molar-refractivity contribution in [1.82, 2.24) is 10.2 Å². The van der Waals surface area contributed by atoms with Gasteiger partial charge < -0.3 is 15.4 Å². The smallest absolute Gasteiger partial charge is 0.225 e. The van der Waals surface area contributed by atoms with Gasteiger partial charge in [0.1, 0.15) is 0 Å². The molecule has 1 aliphatic heterocycles. The number of carbonyl (C=O) groups is 1. The van der Waals surface area contributed by atoms with Gasteiger partial charge >= 0.3 is 0 Å². The number of hydrogen-bond donors (Lipinski definition) is 2. The fraction of sp³-hybridized carbons (Fsp3) is 0.318. The molecule has 2 N–H and O–H groups in total. The summed E-state index contributed by atoms with van der Waals surface area (Å²) >= 11 is 3.07. The maximum Gasteiger partial charge on any atom is 0.225 e. The molecule has 156 valence electrons. The van der Waals surface area contributed by atoms with E-state index in [9.17, 15) is 4.79 Å². The molecular weight excluding hydrogens is 416 g/mol. The summed E-state index contributed by atoms with van der Waals surface area (Å²) in [5.41, 5.74) is 2.93. The largest absolute Gasteiger partial charge is 0.376 e. The third-order valence-electron chi connectivity index (χ3n) is 4.75. The molecule has 4 rings (SSSR count). The van der Waals surface area contributed by atoms with Crippen LogP contribution in [0.3, 0.4) is 0 Å². The molecule has 30 heavy (non-hydrogen) atoms. The molecule has 8 heteroatoms. The van der Waals surface area contributed by atoms with Crippen molar-refractivity contribution in [2.75, 3.05) is 29.5 Å². The van der Waals surface area contributed by atoms with Gasteiger partial charge in [0, 0.05) is 36.6 Å². The zero-order valence-electron chi connectivity index (χ0n) is 16.5. The number of anilines is 2. The van der Waals surface area contributed by atoms with Crippen LogP contribution in [0, 0.1) is 0 Å². The molecule has 1 fully saturated rings. The molecule has 0 aliphatic carbocycles. The average Bonchev–Trinajstić information content (AvgIpc) is 3.45. The van der Waals surface area contributed by atoms with Crippen molar-refractivity contribution in [2.45, 2.75) is 29.7 Å². The van der Waals surface area contributed by atoms with Crippen molar-refractivity contribution >= 4 is 39.8 Å². The van der Waals surface area contributed by atoms with Gasteiger partial charge in [0.05, 0.1) is 6.10 Å². The van der Waals surface area contributed by atoms with E-state index in [1.165, 1.54) is 11.3 Å². The second-order valence-electron chi connectivity index (χ2n) is 6.95. The lowest BCUT2D eigenvalue weighted by atomic mass is 10.0. The number of para-hydroxylation sites is 1. The van der Waals surface area contributed by atoms with Crippen molar-refractivity contribution in [1.29, 1.82) is 0 Å². The van der Waals surface area contributed by atoms with E-state index in [-0.39, 0.29) is 12.0 Å². The number of aromatic nitrogens is 2. The number of hydrogen-bond acceptors (Lipinski definition) is 7. The number of nitrogens with one attached hydrogen (secondary N) is 2. The van der Waals surface area contributed by atoms with Crippen LogP contribution in [0.15, 0.2) is 58.9 Å². The molecule has 1 aliphatic rings. The Balaban J connectivity index is 1.24. The molecule has 2 heterocycles. The van der Waals surface area contributed by atoms with Crippen LogP contribution in [-0.2, 0) is 9.53 Å². The maximum atomic E-state index is 12.5. The van der Waals surface area contributed by atoms with Crippen LogP contribution < -0.4 is 10.6 Å². The molecule has 6 nitrogen and oxygen atoms in total. The second-order valence-corrected chi connectivity index (χ2v) is 9.27. The Morgan fingerprint density at radius 2 is 1.97 bits per heavy atom. The van der Waals surface area contributed by atoms with Gasteiger partial charge in [0.15, 0.2) is 4.34 Å². The number of benzene rings is 2. The molecule has 1 atom stereocenters. The number of amides is 1. The minimum Gasteiger partial charge on any atom is -0.376 e. The van der Waals surface area contributed by atoms with E-state index >= 15 is 0 Å². The number of ether oxygens (including phenoxy) is 1. The number of carbonyl (C=O) groups excluding carboxylic acids is 1. The summed E-state index contributed by atoms with van der Waals surface area (Å²) in [6.07, 6.45) is 2.90. The van der Waals surface area contributed by atoms with E-state index in [2.05, 4.69) is 20.8 Å². The van der Waals surface area contributed by atoms with Crippen LogP contribution in [0.4, 0.5) is 10.8 Å². The quantitative estimate of drug-likeness (QED) is 0.460. The van der Waals surface area contributed by atoms with E-state index in [1.54, 1.807) is 11.8 Å². The lowest BCUT2D eigenvalue weighted by Crippen LogP contribution is -2.18. The summed E-state index contributed by atoms with van der Waals surface area (Å²) in [7, 11) is 0. The summed E-state index contributed by atoms with van der Waals surface area (Å²) in [4.78, 5) is 12.5. The normalized spacial score (nSPS) is 15.8. The number of rotatable bonds is 9. The van der Waals surface area contributed by atoms with Crippen molar-refractivity contribution in [2.24, 2.45) is 0 Å². The zero-order valence-corrected chi connectivity index (χ0v) is 18.2. The van der Waals surface area contributed by atoms with Crippen LogP contribution >= 0.6 is 23.1 Å². The SMILES string of the molecule is O=C(CCSc1nnc(NC[C@@H]2CCCO2)s1)Nc1ccccc1-c1ccccc1. The number of thioether (sulfide) groups is 1. The van der Waals surface area contributed by atoms with Crippen molar-refractivity contribution in [3.8, 4) is 11.1 Å². The fourth-order valence-corrected chi connectivity index (χ4v) is 5.02. The van der Waals surface area contributed by atoms with Gasteiger partial charge in [-0.15, -0.1) is 10.2 Å². The van der Waals surface area contributed by atoms with Gasteiger partial charge in [-0.05, 0) is 24.5 Å². The third kappa shape index (κ3) is 5.81. The molecule has 3 aromatic rings. The molecule has 2 aromatic carbocycles. The van der Waals surface area contributed by atoms with E-state index in [0.717, 1.165) is 52.3 Å². The Morgan fingerprint density at radius 1 is 1.13 bits per heavy atom. The Morgan fingerprint density at radius 3 is 2.80 bits per heavy atom. The average molecular weight is 441 g/mol. The van der Waals surface area contributed by atoms with Gasteiger partial charge in [0.2, 0.25) is 11.0 Å². The summed E-state index contributed by atoms with van der Waals surface area (Å²) in [5.74, 6) is 0.645. The highest BCUT2D eigenvalue weighted by atomic mass is 32.2. The van der Waals surface area contributed by atoms with Crippen molar-refractivity contribution in [3.63, 3.8) is 0 Å². The van der Waals surface area contributed by atoms with Gasteiger partial charge in [-0.3, -0.25) is 4.79 Å². The Bertz CT molecular complexity index is 959. The third-order valence-corrected chi connectivity index (χ3v) is 6.77. The van der Waals surface area contributed by atoms with E-state index < -0.39 is 0 Å². The van der Waals surface area contributed by atoms with Gasteiger partial charge in [-0.2, -0.15) is 0 Å². The van der Waals surface area contributed by atoms with Crippen LogP contribution in [0.2, 0.25) is 0 Å². The van der Waals surface area contributed by atoms with Crippen molar-refractivity contribution < 1.29 is 9.53 Å². The topological polar surface area (TPSA) is 76.1 Å². The van der Waals surface area contributed by atoms with Crippen LogP contribution in [0.25, 0.3) is 11.1 Å². The molecule has 0 bridgehead atoms. The van der Waals surface area contributed by atoms with Gasteiger partial charge in [-0.1, -0.05) is 71.6 Å². The minimum absolute atomic E-state index is 0.00729. The Hall–Kier alpha value is -2.42. The number of nitrogens with zero attached hydrogens (tertiary/aromatic N) is 2. The molecule has 1 saturated heterocycles. The monoisotopic (exact) mass is 440 g/mol. The Kier molecular flexibility index (Phi) is 7.34. The van der Waals surface area contributed by atoms with Gasteiger partial charge in [-0.25, -0.2) is 0 Å².